The van der Waals surface area contributed by atoms with Crippen LogP contribution in [0.1, 0.15) is 17.0 Å². The fraction of sp³-hybridized carbons (Fsp3) is 0.294. The number of ether oxygens (including phenoxy) is 2. The molecule has 1 unspecified atom stereocenters. The maximum absolute atomic E-state index is 9.75. The van der Waals surface area contributed by atoms with Crippen LogP contribution >= 0.6 is 0 Å². The topological polar surface area (TPSA) is 68.2 Å². The zero-order valence-corrected chi connectivity index (χ0v) is 12.7. The molecule has 2 N–H and O–H groups in total. The van der Waals surface area contributed by atoms with Crippen LogP contribution in [0.25, 0.3) is 0 Å². The minimum Gasteiger partial charge on any atom is -0.497 e. The number of benzene rings is 2. The van der Waals surface area contributed by atoms with Crippen molar-refractivity contribution >= 4 is 0 Å². The molecule has 0 heterocycles. The molecule has 2 aromatic carbocycles. The van der Waals surface area contributed by atoms with Gasteiger partial charge < -0.3 is 19.5 Å². The van der Waals surface area contributed by atoms with Crippen molar-refractivity contribution in [1.82, 2.24) is 0 Å². The summed E-state index contributed by atoms with van der Waals surface area (Å²) in [6.45, 7) is -0.0209. The van der Waals surface area contributed by atoms with Crippen molar-refractivity contribution in [1.29, 1.82) is 0 Å². The SMILES string of the molecule is COc1cccc(CC(CO)c2ccc(OO)cc2OC)c1. The lowest BCUT2D eigenvalue weighted by Crippen LogP contribution is -2.09. The van der Waals surface area contributed by atoms with E-state index in [0.717, 1.165) is 16.9 Å². The zero-order chi connectivity index (χ0) is 15.9. The first-order valence-electron chi connectivity index (χ1n) is 6.95. The minimum absolute atomic E-state index is 0.0209. The highest BCUT2D eigenvalue weighted by Crippen LogP contribution is 2.32. The number of methoxy groups -OCH3 is 2. The Morgan fingerprint density at radius 3 is 2.45 bits per heavy atom. The fourth-order valence-corrected chi connectivity index (χ4v) is 2.44. The van der Waals surface area contributed by atoms with E-state index in [4.69, 9.17) is 14.7 Å². The molecule has 0 radical (unpaired) electrons. The average Bonchev–Trinajstić information content (AvgIpc) is 2.59. The van der Waals surface area contributed by atoms with Crippen LogP contribution in [0.4, 0.5) is 0 Å². The minimum atomic E-state index is -0.130. The highest BCUT2D eigenvalue weighted by atomic mass is 17.1. The van der Waals surface area contributed by atoms with Crippen LogP contribution in [0, 0.1) is 0 Å². The molecule has 2 aromatic rings. The maximum Gasteiger partial charge on any atom is 0.168 e. The molecule has 118 valence electrons. The van der Waals surface area contributed by atoms with Crippen LogP contribution in [0.2, 0.25) is 0 Å². The third kappa shape index (κ3) is 3.69. The molecule has 2 rings (SSSR count). The molecule has 0 aliphatic rings. The second kappa shape index (κ2) is 7.68. The van der Waals surface area contributed by atoms with Crippen LogP contribution in [0.3, 0.4) is 0 Å². The lowest BCUT2D eigenvalue weighted by molar-refractivity contribution is -0.137. The standard InChI is InChI=1S/C17H20O5/c1-20-14-5-3-4-12(9-14)8-13(11-18)16-7-6-15(22-19)10-17(16)21-2/h3-7,9-10,13,18-19H,8,11H2,1-2H3. The normalized spacial score (nSPS) is 11.8. The van der Waals surface area contributed by atoms with E-state index < -0.39 is 0 Å². The largest absolute Gasteiger partial charge is 0.497 e. The van der Waals surface area contributed by atoms with Crippen molar-refractivity contribution in [2.75, 3.05) is 20.8 Å². The average molecular weight is 304 g/mol. The van der Waals surface area contributed by atoms with Gasteiger partial charge in [-0.2, -0.15) is 0 Å². The van der Waals surface area contributed by atoms with Gasteiger partial charge in [-0.3, -0.25) is 0 Å². The van der Waals surface area contributed by atoms with Crippen molar-refractivity contribution in [3.05, 3.63) is 53.6 Å². The zero-order valence-electron chi connectivity index (χ0n) is 12.7. The Morgan fingerprint density at radius 2 is 1.82 bits per heavy atom. The summed E-state index contributed by atoms with van der Waals surface area (Å²) in [6, 6.07) is 12.7. The van der Waals surface area contributed by atoms with E-state index in [1.54, 1.807) is 32.4 Å². The van der Waals surface area contributed by atoms with E-state index in [2.05, 4.69) is 4.89 Å². The van der Waals surface area contributed by atoms with E-state index in [9.17, 15) is 5.11 Å². The van der Waals surface area contributed by atoms with Crippen molar-refractivity contribution < 1.29 is 24.7 Å². The number of hydrogen-bond acceptors (Lipinski definition) is 5. The molecule has 0 amide bonds. The van der Waals surface area contributed by atoms with Crippen molar-refractivity contribution in [3.8, 4) is 17.2 Å². The molecule has 0 bridgehead atoms. The Balaban J connectivity index is 2.27. The molecule has 5 nitrogen and oxygen atoms in total. The lowest BCUT2D eigenvalue weighted by Gasteiger charge is -2.18. The van der Waals surface area contributed by atoms with Crippen LogP contribution in [0.5, 0.6) is 17.2 Å². The number of rotatable bonds is 7. The lowest BCUT2D eigenvalue weighted by atomic mass is 9.92. The second-order valence-corrected chi connectivity index (χ2v) is 4.93. The third-order valence-corrected chi connectivity index (χ3v) is 3.59. The van der Waals surface area contributed by atoms with Crippen molar-refractivity contribution in [2.24, 2.45) is 0 Å². The van der Waals surface area contributed by atoms with Gasteiger partial charge in [0.1, 0.15) is 11.5 Å². The highest BCUT2D eigenvalue weighted by molar-refractivity contribution is 5.43. The number of hydrogen-bond donors (Lipinski definition) is 2. The van der Waals surface area contributed by atoms with E-state index in [1.807, 2.05) is 24.3 Å². The second-order valence-electron chi connectivity index (χ2n) is 4.93. The number of aliphatic hydroxyl groups is 1. The first kappa shape index (κ1) is 16.1. The van der Waals surface area contributed by atoms with Gasteiger partial charge in [-0.05, 0) is 30.2 Å². The van der Waals surface area contributed by atoms with Gasteiger partial charge in [0.2, 0.25) is 0 Å². The van der Waals surface area contributed by atoms with Crippen LogP contribution < -0.4 is 14.4 Å². The summed E-state index contributed by atoms with van der Waals surface area (Å²) in [6.07, 6.45) is 0.642. The summed E-state index contributed by atoms with van der Waals surface area (Å²) < 4.78 is 10.5. The van der Waals surface area contributed by atoms with E-state index in [-0.39, 0.29) is 12.5 Å². The van der Waals surface area contributed by atoms with Gasteiger partial charge >= 0.3 is 0 Å². The monoisotopic (exact) mass is 304 g/mol. The summed E-state index contributed by atoms with van der Waals surface area (Å²) in [4.78, 5) is 4.21. The number of aliphatic hydroxyl groups excluding tert-OH is 1. The molecular formula is C17H20O5. The van der Waals surface area contributed by atoms with E-state index in [1.165, 1.54) is 0 Å². The van der Waals surface area contributed by atoms with Gasteiger partial charge in [-0.1, -0.05) is 18.2 Å². The maximum atomic E-state index is 9.75. The molecule has 22 heavy (non-hydrogen) atoms. The fourth-order valence-electron chi connectivity index (χ4n) is 2.44. The molecule has 0 aliphatic carbocycles. The van der Waals surface area contributed by atoms with Gasteiger partial charge in [-0.25, -0.2) is 5.26 Å². The summed E-state index contributed by atoms with van der Waals surface area (Å²) in [5.74, 6) is 1.51. The van der Waals surface area contributed by atoms with Gasteiger partial charge in [0.05, 0.1) is 20.8 Å². The van der Waals surface area contributed by atoms with Gasteiger partial charge in [-0.15, -0.1) is 0 Å². The Morgan fingerprint density at radius 1 is 1.00 bits per heavy atom. The van der Waals surface area contributed by atoms with Gasteiger partial charge in [0.25, 0.3) is 0 Å². The van der Waals surface area contributed by atoms with Crippen LogP contribution in [0.15, 0.2) is 42.5 Å². The van der Waals surface area contributed by atoms with E-state index in [0.29, 0.717) is 17.9 Å². The first-order valence-corrected chi connectivity index (χ1v) is 6.95. The Hall–Kier alpha value is -2.24. The molecule has 0 saturated heterocycles. The van der Waals surface area contributed by atoms with Crippen molar-refractivity contribution in [3.63, 3.8) is 0 Å². The molecule has 0 saturated carbocycles. The summed E-state index contributed by atoms with van der Waals surface area (Å²) >= 11 is 0. The Bertz CT molecular complexity index is 612. The molecule has 1 atom stereocenters. The van der Waals surface area contributed by atoms with Gasteiger partial charge in [0.15, 0.2) is 5.75 Å². The van der Waals surface area contributed by atoms with Gasteiger partial charge in [0, 0.05) is 17.5 Å². The first-order chi connectivity index (χ1) is 10.7. The van der Waals surface area contributed by atoms with Crippen LogP contribution in [-0.4, -0.2) is 31.2 Å². The molecule has 5 heteroatoms. The molecule has 0 aromatic heterocycles. The smallest absolute Gasteiger partial charge is 0.168 e. The van der Waals surface area contributed by atoms with Crippen LogP contribution in [-0.2, 0) is 6.42 Å². The third-order valence-electron chi connectivity index (χ3n) is 3.59. The quantitative estimate of drug-likeness (QED) is 0.608. The summed E-state index contributed by atoms with van der Waals surface area (Å²) in [5, 5.41) is 18.5. The molecule has 0 spiro atoms. The molecule has 0 fully saturated rings. The summed E-state index contributed by atoms with van der Waals surface area (Å²) in [5.41, 5.74) is 1.91. The summed E-state index contributed by atoms with van der Waals surface area (Å²) in [7, 11) is 3.17. The predicted octanol–water partition coefficient (Wildman–Crippen LogP) is 2.87. The Kier molecular flexibility index (Phi) is 5.63. The predicted molar refractivity (Wildman–Crippen MR) is 82.8 cm³/mol. The van der Waals surface area contributed by atoms with Crippen molar-refractivity contribution in [2.45, 2.75) is 12.3 Å². The highest BCUT2D eigenvalue weighted by Gasteiger charge is 2.17. The molecular weight excluding hydrogens is 284 g/mol. The van der Waals surface area contributed by atoms with E-state index >= 15 is 0 Å². The Labute approximate surface area is 129 Å². The molecule has 0 aliphatic heterocycles.